The molecule has 2 aromatic heterocycles. The third kappa shape index (κ3) is 23.2. The summed E-state index contributed by atoms with van der Waals surface area (Å²) >= 11 is 0. The molecule has 12 amide bonds. The fourth-order valence-corrected chi connectivity index (χ4v) is 10.1. The van der Waals surface area contributed by atoms with Gasteiger partial charge in [-0.3, -0.25) is 62.3 Å². The molecular formula is C64H88N16O14. The topological polar surface area (TPSA) is 498 Å². The van der Waals surface area contributed by atoms with Gasteiger partial charge in [-0.05, 0) is 94.2 Å². The molecule has 0 bridgehead atoms. The first-order valence-corrected chi connectivity index (χ1v) is 31.1. The van der Waals surface area contributed by atoms with Crippen molar-refractivity contribution in [3.63, 3.8) is 0 Å². The van der Waals surface area contributed by atoms with Crippen LogP contribution >= 0.6 is 0 Å². The van der Waals surface area contributed by atoms with E-state index in [4.69, 9.17) is 22.9 Å². The van der Waals surface area contributed by atoms with Crippen LogP contribution in [-0.2, 0) is 81.6 Å². The van der Waals surface area contributed by atoms with E-state index in [2.05, 4.69) is 63.1 Å². The Kier molecular flexibility index (Phi) is 29.1. The third-order valence-corrected chi connectivity index (χ3v) is 15.7. The standard InChI is InChI=1S/C64H88N16O14/c1-6-34(2)54(64(94)76-45(22-14-15-27-65)59(89)74-46(23-25-51(67)81)60(90)75-47(24-26-53(83)84)61(91)77-48(55(68)85)28-38-16-8-7-9-17-38)80-52(82)33-71-57(87)36(4)73-62(92)49(29-39-31-69-43-20-12-10-18-41(39)43)79-63(93)50(78-58(88)37(5)72-56(86)35(3)66)30-40-32-70-44-21-13-11-19-42(40)44/h7-13,16-21,31-32,34-37,45-50,54,69-70H,6,14-15,22-30,33,65-66H2,1-5H3,(H2,67,81)(H2,68,85)(H,71,87)(H,72,86)(H,73,92)(H,74,89)(H,75,90)(H,76,94)(H,77,91)(H,78,88)(H,79,93)(H,80,82)(H,83,84)/t34-,35-,36-,37-,45-,46-,47-,48-,49-,50-,54-/m0/s1. The Hall–Kier alpha value is -10.2. The zero-order chi connectivity index (χ0) is 69.2. The molecule has 21 N–H and O–H groups in total. The lowest BCUT2D eigenvalue weighted by Crippen LogP contribution is -2.60. The maximum atomic E-state index is 14.6. The number of aliphatic carboxylic acids is 1. The van der Waals surface area contributed by atoms with Crippen LogP contribution in [-0.4, -0.2) is 165 Å². The van der Waals surface area contributed by atoms with E-state index in [9.17, 15) is 67.4 Å². The van der Waals surface area contributed by atoms with Crippen LogP contribution in [0.25, 0.3) is 21.8 Å². The van der Waals surface area contributed by atoms with Crippen molar-refractivity contribution in [3.8, 4) is 0 Å². The molecule has 94 heavy (non-hydrogen) atoms. The van der Waals surface area contributed by atoms with E-state index in [1.54, 1.807) is 62.6 Å². The fourth-order valence-electron chi connectivity index (χ4n) is 10.1. The highest BCUT2D eigenvalue weighted by Gasteiger charge is 2.36. The molecule has 30 heteroatoms. The number of primary amides is 2. The van der Waals surface area contributed by atoms with Gasteiger partial charge in [0.15, 0.2) is 0 Å². The number of benzene rings is 3. The number of nitrogens with two attached hydrogens (primary N) is 4. The predicted molar refractivity (Wildman–Crippen MR) is 346 cm³/mol. The summed E-state index contributed by atoms with van der Waals surface area (Å²) in [5.41, 5.74) is 25.9. The van der Waals surface area contributed by atoms with Gasteiger partial charge in [-0.25, -0.2) is 0 Å². The highest BCUT2D eigenvalue weighted by Crippen LogP contribution is 2.22. The third-order valence-electron chi connectivity index (χ3n) is 15.7. The number of amides is 12. The van der Waals surface area contributed by atoms with E-state index in [-0.39, 0.29) is 38.6 Å². The lowest BCUT2D eigenvalue weighted by molar-refractivity contribution is -0.138. The molecule has 0 aliphatic rings. The molecule has 3 aromatic carbocycles. The zero-order valence-corrected chi connectivity index (χ0v) is 53.3. The van der Waals surface area contributed by atoms with Gasteiger partial charge in [-0.2, -0.15) is 0 Å². The Morgan fingerprint density at radius 3 is 1.44 bits per heavy atom. The number of H-pyrrole nitrogens is 2. The van der Waals surface area contributed by atoms with Gasteiger partial charge in [0, 0.05) is 66.3 Å². The number of aromatic nitrogens is 2. The van der Waals surface area contributed by atoms with Crippen LogP contribution in [0.2, 0.25) is 0 Å². The van der Waals surface area contributed by atoms with E-state index in [1.165, 1.54) is 20.8 Å². The minimum atomic E-state index is -1.61. The van der Waals surface area contributed by atoms with Crippen molar-refractivity contribution in [2.75, 3.05) is 13.1 Å². The predicted octanol–water partition coefficient (Wildman–Crippen LogP) is -1.67. The first-order chi connectivity index (χ1) is 44.7. The summed E-state index contributed by atoms with van der Waals surface area (Å²) in [7, 11) is 0. The van der Waals surface area contributed by atoms with Gasteiger partial charge in [-0.1, -0.05) is 87.0 Å². The average Bonchev–Trinajstić information content (AvgIpc) is 1.67. The summed E-state index contributed by atoms with van der Waals surface area (Å²) in [5, 5.41) is 36.7. The number of aromatic amines is 2. The maximum absolute atomic E-state index is 14.6. The number of carbonyl (C=O) groups excluding carboxylic acids is 12. The summed E-state index contributed by atoms with van der Waals surface area (Å²) < 4.78 is 0. The Labute approximate surface area is 542 Å². The van der Waals surface area contributed by atoms with E-state index < -0.39 is 175 Å². The highest BCUT2D eigenvalue weighted by atomic mass is 16.4. The number of hydrogen-bond acceptors (Lipinski definition) is 15. The van der Waals surface area contributed by atoms with Crippen molar-refractivity contribution in [1.29, 1.82) is 0 Å². The van der Waals surface area contributed by atoms with E-state index in [0.717, 1.165) is 21.8 Å². The molecular weight excluding hydrogens is 1220 g/mol. The van der Waals surface area contributed by atoms with Crippen LogP contribution in [0, 0.1) is 5.92 Å². The fraction of sp³-hybridized carbons (Fsp3) is 0.453. The largest absolute Gasteiger partial charge is 0.481 e. The Balaban J connectivity index is 1.29. The van der Waals surface area contributed by atoms with Gasteiger partial charge >= 0.3 is 5.97 Å². The summed E-state index contributed by atoms with van der Waals surface area (Å²) in [4.78, 5) is 181. The van der Waals surface area contributed by atoms with Gasteiger partial charge < -0.3 is 91.2 Å². The molecule has 0 unspecified atom stereocenters. The minimum Gasteiger partial charge on any atom is -0.481 e. The van der Waals surface area contributed by atoms with Crippen molar-refractivity contribution >= 4 is 98.7 Å². The quantitative estimate of drug-likeness (QED) is 0.0196. The number of para-hydroxylation sites is 2. The van der Waals surface area contributed by atoms with Crippen LogP contribution in [0.3, 0.4) is 0 Å². The normalized spacial score (nSPS) is 14.7. The number of rotatable bonds is 39. The smallest absolute Gasteiger partial charge is 0.303 e. The molecule has 5 rings (SSSR count). The Bertz CT molecular complexity index is 3480. The molecule has 0 saturated heterocycles. The monoisotopic (exact) mass is 1300 g/mol. The molecule has 11 atom stereocenters. The van der Waals surface area contributed by atoms with Crippen molar-refractivity contribution < 1.29 is 67.4 Å². The van der Waals surface area contributed by atoms with Gasteiger partial charge in [0.1, 0.15) is 54.4 Å². The molecule has 0 fully saturated rings. The SMILES string of the molecule is CC[C@H](C)[C@H](NC(=O)CNC(=O)[C@H](C)NC(=O)[C@H](Cc1c[nH]c2ccccc12)NC(=O)[C@H](Cc1c[nH]c2ccccc12)NC(=O)[C@H](C)NC(=O)[C@H](C)N)C(=O)N[C@@H](CCCCN)C(=O)N[C@@H](CCC(N)=O)C(=O)N[C@@H](CCC(=O)O)C(=O)N[C@@H](Cc1ccccc1)C(N)=O. The second-order valence-electron chi connectivity index (χ2n) is 23.2. The van der Waals surface area contributed by atoms with Crippen LogP contribution in [0.5, 0.6) is 0 Å². The zero-order valence-electron chi connectivity index (χ0n) is 53.3. The molecule has 508 valence electrons. The molecule has 0 aliphatic carbocycles. The highest BCUT2D eigenvalue weighted by molar-refractivity contribution is 5.99. The number of carboxylic acid groups (broad SMARTS) is 1. The molecule has 0 spiro atoms. The number of nitrogens with one attached hydrogen (secondary N) is 12. The van der Waals surface area contributed by atoms with Crippen LogP contribution in [0.1, 0.15) is 103 Å². The van der Waals surface area contributed by atoms with Gasteiger partial charge in [-0.15, -0.1) is 0 Å². The number of carboxylic acids is 1. The molecule has 0 aliphatic heterocycles. The summed E-state index contributed by atoms with van der Waals surface area (Å²) in [5.74, 6) is -12.2. The number of hydrogen-bond donors (Lipinski definition) is 17. The second-order valence-corrected chi connectivity index (χ2v) is 23.2. The van der Waals surface area contributed by atoms with Gasteiger partial charge in [0.25, 0.3) is 0 Å². The van der Waals surface area contributed by atoms with Crippen LogP contribution in [0.15, 0.2) is 91.3 Å². The molecule has 0 radical (unpaired) electrons. The second kappa shape index (κ2) is 36.7. The molecule has 5 aromatic rings. The van der Waals surface area contributed by atoms with Crippen LogP contribution < -0.4 is 76.1 Å². The lowest BCUT2D eigenvalue weighted by Gasteiger charge is -2.28. The van der Waals surface area contributed by atoms with E-state index in [0.29, 0.717) is 29.5 Å². The first kappa shape index (κ1) is 74.5. The molecule has 0 saturated carbocycles. The van der Waals surface area contributed by atoms with E-state index >= 15 is 0 Å². The first-order valence-electron chi connectivity index (χ1n) is 31.1. The van der Waals surface area contributed by atoms with Crippen LogP contribution in [0.4, 0.5) is 0 Å². The number of fused-ring (bicyclic) bond motifs is 2. The average molecular weight is 1310 g/mol. The maximum Gasteiger partial charge on any atom is 0.303 e. The van der Waals surface area contributed by atoms with Gasteiger partial charge in [0.05, 0.1) is 12.6 Å². The van der Waals surface area contributed by atoms with Crippen molar-refractivity contribution in [3.05, 3.63) is 108 Å². The minimum absolute atomic E-state index is 0.0427. The van der Waals surface area contributed by atoms with E-state index in [1.807, 2.05) is 42.5 Å². The summed E-state index contributed by atoms with van der Waals surface area (Å²) in [6, 6.07) is 9.71. The Morgan fingerprint density at radius 2 is 0.926 bits per heavy atom. The van der Waals surface area contributed by atoms with Crippen molar-refractivity contribution in [2.24, 2.45) is 28.9 Å². The molecule has 30 nitrogen and oxygen atoms in total. The Morgan fingerprint density at radius 1 is 0.479 bits per heavy atom. The van der Waals surface area contributed by atoms with Crippen molar-refractivity contribution in [2.45, 2.75) is 166 Å². The van der Waals surface area contributed by atoms with Gasteiger partial charge in [0.2, 0.25) is 70.9 Å². The lowest BCUT2D eigenvalue weighted by atomic mass is 9.97. The number of carbonyl (C=O) groups is 13. The number of unbranched alkanes of at least 4 members (excludes halogenated alkanes) is 1. The molecule has 2 heterocycles. The van der Waals surface area contributed by atoms with Crippen molar-refractivity contribution in [1.82, 2.24) is 63.1 Å². The summed E-state index contributed by atoms with van der Waals surface area (Å²) in [6.07, 6.45) is 2.08. The summed E-state index contributed by atoms with van der Waals surface area (Å²) in [6.45, 7) is 7.07.